The van der Waals surface area contributed by atoms with Gasteiger partial charge in [-0.05, 0) is 48.0 Å². The van der Waals surface area contributed by atoms with Crippen LogP contribution in [0.2, 0.25) is 5.02 Å². The summed E-state index contributed by atoms with van der Waals surface area (Å²) < 4.78 is 18.9. The first kappa shape index (κ1) is 25.0. The molecule has 0 aliphatic heterocycles. The number of benzene rings is 3. The van der Waals surface area contributed by atoms with Crippen LogP contribution in [0.4, 0.5) is 9.52 Å². The van der Waals surface area contributed by atoms with Crippen LogP contribution in [0.5, 0.6) is 5.75 Å². The topological polar surface area (TPSA) is 106 Å². The number of anilines is 1. The van der Waals surface area contributed by atoms with E-state index in [1.807, 2.05) is 6.07 Å². The smallest absolute Gasteiger partial charge is 0.257 e. The minimum absolute atomic E-state index is 0.0698. The minimum atomic E-state index is -0.417. The van der Waals surface area contributed by atoms with E-state index in [4.69, 9.17) is 16.3 Å². The second kappa shape index (κ2) is 12.0. The molecule has 0 saturated heterocycles. The van der Waals surface area contributed by atoms with Crippen molar-refractivity contribution in [1.82, 2.24) is 15.6 Å². The molecule has 0 unspecified atom stereocenters. The summed E-state index contributed by atoms with van der Waals surface area (Å²) in [6.07, 6.45) is 1.34. The lowest BCUT2D eigenvalue weighted by atomic mass is 10.2. The predicted molar refractivity (Wildman–Crippen MR) is 136 cm³/mol. The van der Waals surface area contributed by atoms with E-state index in [9.17, 15) is 14.0 Å². The number of hydrogen-bond donors (Lipinski definition) is 2. The number of nitrogens with one attached hydrogen (secondary N) is 2. The second-order valence-electron chi connectivity index (χ2n) is 7.39. The van der Waals surface area contributed by atoms with E-state index in [1.54, 1.807) is 54.6 Å². The summed E-state index contributed by atoms with van der Waals surface area (Å²) in [6.45, 7) is 0.218. The quantitative estimate of drug-likeness (QED) is 0.241. The lowest BCUT2D eigenvalue weighted by Crippen LogP contribution is -2.19. The second-order valence-corrected chi connectivity index (χ2v) is 8.89. The summed E-state index contributed by atoms with van der Waals surface area (Å²) in [7, 11) is 0. The Bertz CT molecular complexity index is 1380. The molecule has 0 aliphatic rings. The van der Waals surface area contributed by atoms with Crippen LogP contribution < -0.4 is 15.5 Å². The first-order valence-electron chi connectivity index (χ1n) is 10.6. The highest BCUT2D eigenvalue weighted by molar-refractivity contribution is 7.15. The van der Waals surface area contributed by atoms with Crippen molar-refractivity contribution in [3.63, 3.8) is 0 Å². The molecule has 0 atom stereocenters. The predicted octanol–water partition coefficient (Wildman–Crippen LogP) is 4.85. The number of hydrogen-bond acceptors (Lipinski definition) is 7. The Morgan fingerprint density at radius 1 is 1.06 bits per heavy atom. The highest BCUT2D eigenvalue weighted by atomic mass is 35.5. The van der Waals surface area contributed by atoms with Crippen molar-refractivity contribution in [3.05, 3.63) is 105 Å². The number of halogens is 2. The molecule has 0 saturated carbocycles. The minimum Gasteiger partial charge on any atom is -0.488 e. The van der Waals surface area contributed by atoms with Crippen LogP contribution in [-0.4, -0.2) is 28.2 Å². The fourth-order valence-corrected chi connectivity index (χ4v) is 3.89. The van der Waals surface area contributed by atoms with Gasteiger partial charge in [0, 0.05) is 16.1 Å². The zero-order chi connectivity index (χ0) is 25.3. The number of aromatic nitrogens is 2. The van der Waals surface area contributed by atoms with Crippen LogP contribution in [0.1, 0.15) is 26.5 Å². The van der Waals surface area contributed by atoms with E-state index in [-0.39, 0.29) is 29.9 Å². The first-order valence-corrected chi connectivity index (χ1v) is 11.8. The standard InChI is InChI=1S/C25H19ClFN5O3S/c26-19-8-11-21(35-15-16-6-9-20(27)10-7-16)18(12-19)14-28-30-22(33)13-23-31-32-25(36-23)29-24(34)17-4-2-1-3-5-17/h1-12,14H,13,15H2,(H,30,33)(H,29,32,34)/b28-14-. The molecule has 2 amide bonds. The normalized spacial score (nSPS) is 10.8. The SMILES string of the molecule is O=C(Cc1nnc(NC(=O)c2ccccc2)s1)N/N=C\c1cc(Cl)ccc1OCc1ccc(F)cc1. The Morgan fingerprint density at radius 2 is 1.83 bits per heavy atom. The number of rotatable bonds is 9. The Kier molecular flexibility index (Phi) is 8.32. The molecule has 0 fully saturated rings. The van der Waals surface area contributed by atoms with Gasteiger partial charge in [-0.3, -0.25) is 14.9 Å². The van der Waals surface area contributed by atoms with Crippen LogP contribution in [-0.2, 0) is 17.8 Å². The number of hydrazone groups is 1. The Balaban J connectivity index is 1.31. The molecule has 0 spiro atoms. The molecule has 3 aromatic carbocycles. The summed E-state index contributed by atoms with van der Waals surface area (Å²) in [5.41, 5.74) is 4.25. The highest BCUT2D eigenvalue weighted by Crippen LogP contribution is 2.23. The first-order chi connectivity index (χ1) is 17.5. The number of carbonyl (C=O) groups is 2. The molecule has 0 aliphatic carbocycles. The summed E-state index contributed by atoms with van der Waals surface area (Å²) >= 11 is 7.18. The molecule has 1 heterocycles. The maximum Gasteiger partial charge on any atom is 0.257 e. The van der Waals surface area contributed by atoms with Gasteiger partial charge in [-0.25, -0.2) is 9.82 Å². The van der Waals surface area contributed by atoms with Crippen molar-refractivity contribution < 1.29 is 18.7 Å². The van der Waals surface area contributed by atoms with Crippen molar-refractivity contribution in [3.8, 4) is 5.75 Å². The molecule has 8 nitrogen and oxygen atoms in total. The van der Waals surface area contributed by atoms with Gasteiger partial charge >= 0.3 is 0 Å². The Labute approximate surface area is 214 Å². The molecule has 4 aromatic rings. The van der Waals surface area contributed by atoms with E-state index >= 15 is 0 Å². The van der Waals surface area contributed by atoms with Crippen LogP contribution >= 0.6 is 22.9 Å². The maximum absolute atomic E-state index is 13.1. The van der Waals surface area contributed by atoms with Crippen molar-refractivity contribution in [2.75, 3.05) is 5.32 Å². The number of nitrogens with zero attached hydrogens (tertiary/aromatic N) is 3. The summed E-state index contributed by atoms with van der Waals surface area (Å²) in [5.74, 6) is -0.564. The lowest BCUT2D eigenvalue weighted by molar-refractivity contribution is -0.120. The lowest BCUT2D eigenvalue weighted by Gasteiger charge is -2.09. The average molecular weight is 524 g/mol. The van der Waals surface area contributed by atoms with Gasteiger partial charge in [-0.1, -0.05) is 53.3 Å². The Morgan fingerprint density at radius 3 is 2.61 bits per heavy atom. The number of carbonyl (C=O) groups excluding carboxylic acids is 2. The van der Waals surface area contributed by atoms with Gasteiger partial charge in [0.15, 0.2) is 0 Å². The van der Waals surface area contributed by atoms with Crippen molar-refractivity contribution in [1.29, 1.82) is 0 Å². The molecule has 1 aromatic heterocycles. The van der Waals surface area contributed by atoms with E-state index in [0.717, 1.165) is 16.9 Å². The summed E-state index contributed by atoms with van der Waals surface area (Å²) in [6, 6.07) is 19.7. The van der Waals surface area contributed by atoms with Gasteiger partial charge in [-0.15, -0.1) is 10.2 Å². The number of amides is 2. The third kappa shape index (κ3) is 7.17. The molecule has 36 heavy (non-hydrogen) atoms. The van der Waals surface area contributed by atoms with Gasteiger partial charge in [0.2, 0.25) is 11.0 Å². The van der Waals surface area contributed by atoms with Crippen molar-refractivity contribution in [2.24, 2.45) is 5.10 Å². The van der Waals surface area contributed by atoms with Crippen molar-refractivity contribution >= 4 is 46.1 Å². The molecule has 182 valence electrons. The fraction of sp³-hybridized carbons (Fsp3) is 0.0800. The summed E-state index contributed by atoms with van der Waals surface area (Å²) in [4.78, 5) is 24.5. The van der Waals surface area contributed by atoms with Gasteiger partial charge < -0.3 is 4.74 Å². The van der Waals surface area contributed by atoms with Gasteiger partial charge in [0.1, 0.15) is 23.2 Å². The molecule has 11 heteroatoms. The number of ether oxygens (including phenoxy) is 1. The zero-order valence-electron chi connectivity index (χ0n) is 18.7. The van der Waals surface area contributed by atoms with Gasteiger partial charge in [0.25, 0.3) is 5.91 Å². The maximum atomic E-state index is 13.1. The molecule has 2 N–H and O–H groups in total. The molecular weight excluding hydrogens is 505 g/mol. The zero-order valence-corrected chi connectivity index (χ0v) is 20.2. The van der Waals surface area contributed by atoms with Gasteiger partial charge in [-0.2, -0.15) is 5.10 Å². The van der Waals surface area contributed by atoms with Gasteiger partial charge in [0.05, 0.1) is 12.6 Å². The molecule has 0 bridgehead atoms. The van der Waals surface area contributed by atoms with Crippen LogP contribution in [0.25, 0.3) is 0 Å². The largest absolute Gasteiger partial charge is 0.488 e. The van der Waals surface area contributed by atoms with Crippen molar-refractivity contribution in [2.45, 2.75) is 13.0 Å². The average Bonchev–Trinajstić information content (AvgIpc) is 3.31. The Hall–Kier alpha value is -4.15. The van der Waals surface area contributed by atoms with Crippen LogP contribution in [0.3, 0.4) is 0 Å². The van der Waals surface area contributed by atoms with E-state index in [1.165, 1.54) is 18.3 Å². The van der Waals surface area contributed by atoms with E-state index < -0.39 is 5.91 Å². The molecule has 0 radical (unpaired) electrons. The van der Waals surface area contributed by atoms with Crippen LogP contribution in [0.15, 0.2) is 77.9 Å². The third-order valence-electron chi connectivity index (χ3n) is 4.71. The summed E-state index contributed by atoms with van der Waals surface area (Å²) in [5, 5.41) is 15.6. The monoisotopic (exact) mass is 523 g/mol. The highest BCUT2D eigenvalue weighted by Gasteiger charge is 2.12. The van der Waals surface area contributed by atoms with Crippen LogP contribution in [0, 0.1) is 5.82 Å². The van der Waals surface area contributed by atoms with E-state index in [0.29, 0.717) is 26.9 Å². The molecule has 4 rings (SSSR count). The third-order valence-corrected chi connectivity index (χ3v) is 5.78. The van der Waals surface area contributed by atoms with E-state index in [2.05, 4.69) is 26.0 Å². The fourth-order valence-electron chi connectivity index (χ4n) is 2.98. The molecular formula is C25H19ClFN5O3S.